The molecule has 6 heteroatoms. The normalized spacial score (nSPS) is 18.8. The average Bonchev–Trinajstić information content (AvgIpc) is 2.82. The van der Waals surface area contributed by atoms with Crippen LogP contribution in [0.3, 0.4) is 0 Å². The predicted molar refractivity (Wildman–Crippen MR) is 84.6 cm³/mol. The van der Waals surface area contributed by atoms with Crippen molar-refractivity contribution in [3.63, 3.8) is 0 Å². The van der Waals surface area contributed by atoms with Gasteiger partial charge in [-0.1, -0.05) is 0 Å². The number of nitrogen functional groups attached to an aromatic ring is 1. The summed E-state index contributed by atoms with van der Waals surface area (Å²) in [6.45, 7) is 4.12. The molecule has 2 aromatic rings. The van der Waals surface area contributed by atoms with Crippen molar-refractivity contribution in [2.45, 2.75) is 19.8 Å². The first-order valence-corrected chi connectivity index (χ1v) is 7.98. The largest absolute Gasteiger partial charge is 0.397 e. The van der Waals surface area contributed by atoms with Crippen molar-refractivity contribution in [2.24, 2.45) is 5.92 Å². The van der Waals surface area contributed by atoms with Gasteiger partial charge in [0.05, 0.1) is 12.3 Å². The maximum Gasteiger partial charge on any atom is 0.263 e. The van der Waals surface area contributed by atoms with Gasteiger partial charge in [0, 0.05) is 24.2 Å². The van der Waals surface area contributed by atoms with Crippen LogP contribution in [-0.4, -0.2) is 30.6 Å². The van der Waals surface area contributed by atoms with Crippen LogP contribution in [0.1, 0.15) is 28.2 Å². The lowest BCUT2D eigenvalue weighted by Crippen LogP contribution is -2.33. The van der Waals surface area contributed by atoms with Gasteiger partial charge in [-0.15, -0.1) is 11.3 Å². The van der Waals surface area contributed by atoms with E-state index in [0.29, 0.717) is 23.0 Å². The molecule has 2 aromatic heterocycles. The number of hydrogen-bond donors (Lipinski definition) is 2. The lowest BCUT2D eigenvalue weighted by atomic mass is 10.0. The number of carbonyl (C=O) groups excluding carboxylic acids is 1. The fourth-order valence-corrected chi connectivity index (χ4v) is 3.60. The van der Waals surface area contributed by atoms with Crippen LogP contribution in [0.4, 0.5) is 5.69 Å². The number of pyridine rings is 1. The van der Waals surface area contributed by atoms with Gasteiger partial charge in [0.1, 0.15) is 9.71 Å². The summed E-state index contributed by atoms with van der Waals surface area (Å²) in [5.74, 6) is 0.289. The highest BCUT2D eigenvalue weighted by molar-refractivity contribution is 7.21. The molecule has 0 radical (unpaired) electrons. The Hall–Kier alpha value is -1.66. The number of anilines is 1. The van der Waals surface area contributed by atoms with Crippen LogP contribution in [0, 0.1) is 12.8 Å². The molecular weight excluding hydrogens is 286 g/mol. The molecule has 0 aromatic carbocycles. The highest BCUT2D eigenvalue weighted by Gasteiger charge is 2.19. The molecule has 1 aliphatic heterocycles. The molecule has 1 aliphatic rings. The summed E-state index contributed by atoms with van der Waals surface area (Å²) in [6.07, 6.45) is 2.16. The summed E-state index contributed by atoms with van der Waals surface area (Å²) in [7, 11) is 0. The molecule has 1 saturated heterocycles. The number of nitrogens with one attached hydrogen (secondary N) is 1. The number of fused-ring (bicyclic) bond motifs is 1. The van der Waals surface area contributed by atoms with Crippen LogP contribution >= 0.6 is 11.3 Å². The lowest BCUT2D eigenvalue weighted by Gasteiger charge is -2.22. The smallest absolute Gasteiger partial charge is 0.263 e. The number of amides is 1. The fraction of sp³-hybridized carbons (Fsp3) is 0.467. The van der Waals surface area contributed by atoms with E-state index in [9.17, 15) is 4.79 Å². The summed E-state index contributed by atoms with van der Waals surface area (Å²) in [6, 6.07) is 3.84. The third-order valence-corrected chi connectivity index (χ3v) is 4.86. The molecule has 0 bridgehead atoms. The van der Waals surface area contributed by atoms with Gasteiger partial charge in [-0.05, 0) is 37.8 Å². The Morgan fingerprint density at radius 2 is 2.43 bits per heavy atom. The molecule has 1 amide bonds. The second-order valence-electron chi connectivity index (χ2n) is 5.44. The topological polar surface area (TPSA) is 77.2 Å². The lowest BCUT2D eigenvalue weighted by molar-refractivity contribution is 0.0537. The first kappa shape index (κ1) is 14.3. The summed E-state index contributed by atoms with van der Waals surface area (Å²) in [5.41, 5.74) is 7.54. The Labute approximate surface area is 127 Å². The number of thiophene rings is 1. The van der Waals surface area contributed by atoms with Crippen LogP contribution in [0.25, 0.3) is 10.2 Å². The number of rotatable bonds is 3. The van der Waals surface area contributed by atoms with Crippen molar-refractivity contribution in [1.29, 1.82) is 0 Å². The van der Waals surface area contributed by atoms with E-state index in [4.69, 9.17) is 10.5 Å². The van der Waals surface area contributed by atoms with Crippen molar-refractivity contribution in [3.8, 4) is 0 Å². The molecule has 1 unspecified atom stereocenters. The highest BCUT2D eigenvalue weighted by atomic mass is 32.1. The van der Waals surface area contributed by atoms with Crippen molar-refractivity contribution >= 4 is 33.1 Å². The molecular formula is C15H19N3O2S. The number of aromatic nitrogens is 1. The van der Waals surface area contributed by atoms with E-state index < -0.39 is 0 Å². The number of aryl methyl sites for hydroxylation is 1. The molecule has 112 valence electrons. The molecule has 1 fully saturated rings. The molecule has 0 spiro atoms. The zero-order valence-electron chi connectivity index (χ0n) is 12.0. The van der Waals surface area contributed by atoms with Crippen molar-refractivity contribution in [3.05, 3.63) is 22.7 Å². The first-order chi connectivity index (χ1) is 10.1. The van der Waals surface area contributed by atoms with Gasteiger partial charge in [-0.3, -0.25) is 4.79 Å². The Morgan fingerprint density at radius 3 is 3.19 bits per heavy atom. The maximum absolute atomic E-state index is 12.3. The zero-order valence-corrected chi connectivity index (χ0v) is 12.8. The van der Waals surface area contributed by atoms with Crippen LogP contribution in [-0.2, 0) is 4.74 Å². The molecule has 1 atom stereocenters. The van der Waals surface area contributed by atoms with Gasteiger partial charge in [-0.25, -0.2) is 4.98 Å². The standard InChI is InChI=1S/C15H19N3O2S/c1-9-4-5-11-12(16)13(21-15(11)18-9)14(19)17-7-10-3-2-6-20-8-10/h4-5,10H,2-3,6-8,16H2,1H3,(H,17,19). The number of ether oxygens (including phenoxy) is 1. The highest BCUT2D eigenvalue weighted by Crippen LogP contribution is 2.32. The van der Waals surface area contributed by atoms with Crippen molar-refractivity contribution < 1.29 is 9.53 Å². The van der Waals surface area contributed by atoms with Gasteiger partial charge < -0.3 is 15.8 Å². The molecule has 3 rings (SSSR count). The monoisotopic (exact) mass is 305 g/mol. The van der Waals surface area contributed by atoms with Gasteiger partial charge in [0.15, 0.2) is 0 Å². The van der Waals surface area contributed by atoms with E-state index in [2.05, 4.69) is 10.3 Å². The van der Waals surface area contributed by atoms with E-state index >= 15 is 0 Å². The predicted octanol–water partition coefficient (Wildman–Crippen LogP) is 2.34. The van der Waals surface area contributed by atoms with Crippen molar-refractivity contribution in [1.82, 2.24) is 10.3 Å². The molecule has 3 heterocycles. The minimum absolute atomic E-state index is 0.112. The third-order valence-electron chi connectivity index (χ3n) is 3.75. The SMILES string of the molecule is Cc1ccc2c(N)c(C(=O)NCC3CCCOC3)sc2n1. The van der Waals surface area contributed by atoms with Crippen molar-refractivity contribution in [2.75, 3.05) is 25.5 Å². The zero-order chi connectivity index (χ0) is 14.8. The molecule has 0 aliphatic carbocycles. The molecule has 3 N–H and O–H groups in total. The Balaban J connectivity index is 1.73. The van der Waals surface area contributed by atoms with Gasteiger partial charge in [0.25, 0.3) is 5.91 Å². The second kappa shape index (κ2) is 5.99. The van der Waals surface area contributed by atoms with Gasteiger partial charge >= 0.3 is 0 Å². The molecule has 21 heavy (non-hydrogen) atoms. The third kappa shape index (κ3) is 3.01. The summed E-state index contributed by atoms with van der Waals surface area (Å²) in [5, 5.41) is 3.83. The van der Waals surface area contributed by atoms with Crippen LogP contribution < -0.4 is 11.1 Å². The second-order valence-corrected chi connectivity index (χ2v) is 6.44. The number of nitrogens with zero attached hydrogens (tertiary/aromatic N) is 1. The van der Waals surface area contributed by atoms with E-state index in [1.165, 1.54) is 11.3 Å². The van der Waals surface area contributed by atoms with Gasteiger partial charge in [0.2, 0.25) is 0 Å². The van der Waals surface area contributed by atoms with Crippen LogP contribution in [0.2, 0.25) is 0 Å². The first-order valence-electron chi connectivity index (χ1n) is 7.16. The fourth-order valence-electron chi connectivity index (χ4n) is 2.54. The van der Waals surface area contributed by atoms with Crippen LogP contribution in [0.5, 0.6) is 0 Å². The summed E-state index contributed by atoms with van der Waals surface area (Å²) < 4.78 is 5.42. The summed E-state index contributed by atoms with van der Waals surface area (Å²) >= 11 is 1.35. The summed E-state index contributed by atoms with van der Waals surface area (Å²) in [4.78, 5) is 18.1. The molecule has 0 saturated carbocycles. The Bertz CT molecular complexity index is 662. The quantitative estimate of drug-likeness (QED) is 0.912. The number of hydrogen-bond acceptors (Lipinski definition) is 5. The van der Waals surface area contributed by atoms with E-state index in [1.54, 1.807) is 0 Å². The van der Waals surface area contributed by atoms with Gasteiger partial charge in [-0.2, -0.15) is 0 Å². The van der Waals surface area contributed by atoms with E-state index in [1.807, 2.05) is 19.1 Å². The number of nitrogens with two attached hydrogens (primary N) is 1. The Morgan fingerprint density at radius 1 is 1.57 bits per heavy atom. The van der Waals surface area contributed by atoms with Crippen LogP contribution in [0.15, 0.2) is 12.1 Å². The molecule has 5 nitrogen and oxygen atoms in total. The number of carbonyl (C=O) groups is 1. The average molecular weight is 305 g/mol. The van der Waals surface area contributed by atoms with E-state index in [-0.39, 0.29) is 5.91 Å². The van der Waals surface area contributed by atoms with E-state index in [0.717, 1.165) is 42.0 Å². The minimum atomic E-state index is -0.112. The maximum atomic E-state index is 12.3. The minimum Gasteiger partial charge on any atom is -0.397 e. The Kier molecular flexibility index (Phi) is 4.07.